The smallest absolute Gasteiger partial charge is 0.0267 e. The molecule has 1 atom stereocenters. The molecule has 0 nitrogen and oxygen atoms in total. The maximum Gasteiger partial charge on any atom is -0.0267 e. The van der Waals surface area contributed by atoms with Crippen LogP contribution in [0.25, 0.3) is 0 Å². The third-order valence-electron chi connectivity index (χ3n) is 4.13. The molecular weight excluding hydrogens is 132 g/mol. The summed E-state index contributed by atoms with van der Waals surface area (Å²) < 4.78 is 0. The van der Waals surface area contributed by atoms with Gasteiger partial charge in [0.15, 0.2) is 0 Å². The summed E-state index contributed by atoms with van der Waals surface area (Å²) in [5.41, 5.74) is 0.855. The van der Waals surface area contributed by atoms with Crippen molar-refractivity contribution in [2.24, 2.45) is 17.3 Å². The van der Waals surface area contributed by atoms with Gasteiger partial charge in [-0.3, -0.25) is 0 Å². The molecule has 0 N–H and O–H groups in total. The first-order valence-corrected chi connectivity index (χ1v) is 5.25. The summed E-state index contributed by atoms with van der Waals surface area (Å²) in [7, 11) is 0. The Kier molecular flexibility index (Phi) is 1.74. The summed E-state index contributed by atoms with van der Waals surface area (Å²) in [5, 5.41) is 0. The molecular formula is C11H20. The van der Waals surface area contributed by atoms with Crippen molar-refractivity contribution in [1.82, 2.24) is 0 Å². The Morgan fingerprint density at radius 2 is 1.73 bits per heavy atom. The highest BCUT2D eigenvalue weighted by Gasteiger charge is 2.47. The lowest BCUT2D eigenvalue weighted by Crippen LogP contribution is -2.35. The van der Waals surface area contributed by atoms with E-state index in [9.17, 15) is 0 Å². The number of rotatable bonds is 1. The van der Waals surface area contributed by atoms with Crippen LogP contribution in [0, 0.1) is 17.3 Å². The van der Waals surface area contributed by atoms with Crippen LogP contribution in [0.2, 0.25) is 0 Å². The van der Waals surface area contributed by atoms with Crippen molar-refractivity contribution in [3.8, 4) is 0 Å². The van der Waals surface area contributed by atoms with Crippen LogP contribution in [-0.4, -0.2) is 0 Å². The zero-order chi connectivity index (χ0) is 7.90. The Bertz CT molecular complexity index is 142. The molecule has 2 rings (SSSR count). The highest BCUT2D eigenvalue weighted by molar-refractivity contribution is 4.98. The third-order valence-corrected chi connectivity index (χ3v) is 4.13. The van der Waals surface area contributed by atoms with Crippen molar-refractivity contribution >= 4 is 0 Å². The first kappa shape index (κ1) is 7.64. The van der Waals surface area contributed by atoms with Gasteiger partial charge in [-0.15, -0.1) is 0 Å². The minimum atomic E-state index is 0.855. The Balaban J connectivity index is 2.07. The molecule has 1 spiro atoms. The minimum Gasteiger partial charge on any atom is -0.0625 e. The van der Waals surface area contributed by atoms with Crippen LogP contribution in [0.1, 0.15) is 52.4 Å². The zero-order valence-corrected chi connectivity index (χ0v) is 7.90. The van der Waals surface area contributed by atoms with E-state index in [4.69, 9.17) is 0 Å². The molecule has 2 saturated carbocycles. The Hall–Kier alpha value is 0. The van der Waals surface area contributed by atoms with Gasteiger partial charge in [-0.05, 0) is 42.9 Å². The molecule has 11 heavy (non-hydrogen) atoms. The van der Waals surface area contributed by atoms with Crippen LogP contribution >= 0.6 is 0 Å². The van der Waals surface area contributed by atoms with Gasteiger partial charge in [0.2, 0.25) is 0 Å². The van der Waals surface area contributed by atoms with Crippen LogP contribution in [-0.2, 0) is 0 Å². The predicted molar refractivity (Wildman–Crippen MR) is 48.5 cm³/mol. The van der Waals surface area contributed by atoms with E-state index < -0.39 is 0 Å². The lowest BCUT2D eigenvalue weighted by molar-refractivity contribution is 0.0513. The van der Waals surface area contributed by atoms with Crippen molar-refractivity contribution in [3.63, 3.8) is 0 Å². The zero-order valence-electron chi connectivity index (χ0n) is 7.90. The van der Waals surface area contributed by atoms with Crippen LogP contribution < -0.4 is 0 Å². The van der Waals surface area contributed by atoms with Crippen molar-refractivity contribution in [2.75, 3.05) is 0 Å². The average Bonchev–Trinajstić information content (AvgIpc) is 2.27. The van der Waals surface area contributed by atoms with E-state index >= 15 is 0 Å². The van der Waals surface area contributed by atoms with Crippen molar-refractivity contribution in [1.29, 1.82) is 0 Å². The van der Waals surface area contributed by atoms with E-state index in [2.05, 4.69) is 13.8 Å². The van der Waals surface area contributed by atoms with Crippen molar-refractivity contribution < 1.29 is 0 Å². The first-order valence-electron chi connectivity index (χ1n) is 5.25. The topological polar surface area (TPSA) is 0 Å². The summed E-state index contributed by atoms with van der Waals surface area (Å²) in [6.45, 7) is 4.83. The highest BCUT2D eigenvalue weighted by Crippen LogP contribution is 2.58. The van der Waals surface area contributed by atoms with E-state index in [-0.39, 0.29) is 0 Å². The fourth-order valence-electron chi connectivity index (χ4n) is 3.46. The largest absolute Gasteiger partial charge is 0.0625 e. The number of hydrogen-bond acceptors (Lipinski definition) is 0. The lowest BCUT2D eigenvalue weighted by Gasteiger charge is -2.45. The Morgan fingerprint density at radius 1 is 1.09 bits per heavy atom. The molecule has 0 amide bonds. The molecule has 2 aliphatic rings. The Labute approximate surface area is 70.4 Å². The third kappa shape index (κ3) is 1.02. The SMILES string of the molecule is CC(C)[C@H]1CCCC12CCC2. The molecule has 0 unspecified atom stereocenters. The molecule has 0 aromatic carbocycles. The molecule has 0 bridgehead atoms. The first-order chi connectivity index (χ1) is 5.25. The van der Waals surface area contributed by atoms with E-state index in [1.165, 1.54) is 19.3 Å². The van der Waals surface area contributed by atoms with E-state index in [0.717, 1.165) is 17.3 Å². The molecule has 0 radical (unpaired) electrons. The standard InChI is InChI=1S/C11H20/c1-9(2)10-5-3-6-11(10)7-4-8-11/h9-10H,3-8H2,1-2H3/t10-/m1/s1. The monoisotopic (exact) mass is 152 g/mol. The van der Waals surface area contributed by atoms with Gasteiger partial charge < -0.3 is 0 Å². The molecule has 2 fully saturated rings. The quantitative estimate of drug-likeness (QED) is 0.538. The summed E-state index contributed by atoms with van der Waals surface area (Å²) in [4.78, 5) is 0. The van der Waals surface area contributed by atoms with E-state index in [1.807, 2.05) is 0 Å². The molecule has 64 valence electrons. The molecule has 2 aliphatic carbocycles. The van der Waals surface area contributed by atoms with Gasteiger partial charge in [-0.2, -0.15) is 0 Å². The maximum atomic E-state index is 2.41. The fraction of sp³-hybridized carbons (Fsp3) is 1.00. The molecule has 0 aromatic heterocycles. The van der Waals surface area contributed by atoms with Crippen LogP contribution in [0.4, 0.5) is 0 Å². The highest BCUT2D eigenvalue weighted by atomic mass is 14.5. The van der Waals surface area contributed by atoms with Crippen LogP contribution in [0.15, 0.2) is 0 Å². The second-order valence-corrected chi connectivity index (χ2v) is 4.96. The summed E-state index contributed by atoms with van der Waals surface area (Å²) in [5.74, 6) is 2.02. The molecule has 0 aliphatic heterocycles. The summed E-state index contributed by atoms with van der Waals surface area (Å²) >= 11 is 0. The van der Waals surface area contributed by atoms with E-state index in [0.29, 0.717) is 0 Å². The Morgan fingerprint density at radius 3 is 2.09 bits per heavy atom. The second-order valence-electron chi connectivity index (χ2n) is 4.96. The summed E-state index contributed by atoms with van der Waals surface area (Å²) in [6.07, 6.45) is 9.21. The average molecular weight is 152 g/mol. The van der Waals surface area contributed by atoms with Gasteiger partial charge >= 0.3 is 0 Å². The van der Waals surface area contributed by atoms with Crippen molar-refractivity contribution in [2.45, 2.75) is 52.4 Å². The number of hydrogen-bond donors (Lipinski definition) is 0. The fourth-order valence-corrected chi connectivity index (χ4v) is 3.46. The molecule has 0 saturated heterocycles. The molecule has 0 aromatic rings. The normalized spacial score (nSPS) is 34.6. The van der Waals surface area contributed by atoms with Crippen molar-refractivity contribution in [3.05, 3.63) is 0 Å². The van der Waals surface area contributed by atoms with Crippen LogP contribution in [0.3, 0.4) is 0 Å². The van der Waals surface area contributed by atoms with Gasteiger partial charge in [0.25, 0.3) is 0 Å². The summed E-state index contributed by atoms with van der Waals surface area (Å²) in [6, 6.07) is 0. The van der Waals surface area contributed by atoms with Gasteiger partial charge in [0.05, 0.1) is 0 Å². The predicted octanol–water partition coefficient (Wildman–Crippen LogP) is 3.61. The van der Waals surface area contributed by atoms with Crippen LogP contribution in [0.5, 0.6) is 0 Å². The second kappa shape index (κ2) is 2.50. The minimum absolute atomic E-state index is 0.855. The lowest BCUT2D eigenvalue weighted by atomic mass is 9.60. The van der Waals surface area contributed by atoms with Gasteiger partial charge in [0.1, 0.15) is 0 Å². The molecule has 0 heterocycles. The van der Waals surface area contributed by atoms with Gasteiger partial charge in [-0.25, -0.2) is 0 Å². The van der Waals surface area contributed by atoms with Gasteiger partial charge in [-0.1, -0.05) is 26.7 Å². The van der Waals surface area contributed by atoms with Gasteiger partial charge in [0, 0.05) is 0 Å². The molecule has 0 heteroatoms. The maximum absolute atomic E-state index is 2.41. The van der Waals surface area contributed by atoms with E-state index in [1.54, 1.807) is 19.3 Å².